The van der Waals surface area contributed by atoms with E-state index < -0.39 is 0 Å². The molecule has 0 aliphatic carbocycles. The van der Waals surface area contributed by atoms with E-state index in [0.29, 0.717) is 11.3 Å². The molecule has 3 N–H and O–H groups in total. The third kappa shape index (κ3) is 2.67. The minimum Gasteiger partial charge on any atom is -0.398 e. The van der Waals surface area contributed by atoms with Crippen LogP contribution in [0.2, 0.25) is 0 Å². The summed E-state index contributed by atoms with van der Waals surface area (Å²) in [6.07, 6.45) is 0. The summed E-state index contributed by atoms with van der Waals surface area (Å²) in [5.74, 6) is 0. The smallest absolute Gasteiger partial charge is 0.101 e. The normalized spacial score (nSPS) is 10.7. The third-order valence-corrected chi connectivity index (χ3v) is 1.69. The zero-order valence-electron chi connectivity index (χ0n) is 8.76. The Morgan fingerprint density at radius 2 is 2.00 bits per heavy atom. The fraction of sp³-hybridized carbons (Fsp3) is 0.364. The van der Waals surface area contributed by atoms with Gasteiger partial charge in [0, 0.05) is 11.2 Å². The molecule has 0 aliphatic heterocycles. The number of hydrogen-bond donors (Lipinski definition) is 2. The van der Waals surface area contributed by atoms with Gasteiger partial charge in [-0.1, -0.05) is 0 Å². The van der Waals surface area contributed by atoms with Crippen molar-refractivity contribution in [3.63, 3.8) is 0 Å². The second-order valence-electron chi connectivity index (χ2n) is 4.29. The molecular weight excluding hydrogens is 174 g/mol. The highest BCUT2D eigenvalue weighted by molar-refractivity contribution is 5.63. The number of nitrogens with one attached hydrogen (secondary N) is 1. The van der Waals surface area contributed by atoms with Crippen molar-refractivity contribution < 1.29 is 0 Å². The van der Waals surface area contributed by atoms with Crippen molar-refractivity contribution >= 4 is 11.4 Å². The molecule has 0 aromatic heterocycles. The summed E-state index contributed by atoms with van der Waals surface area (Å²) in [5.41, 5.74) is 7.66. The van der Waals surface area contributed by atoms with E-state index in [2.05, 4.69) is 26.1 Å². The quantitative estimate of drug-likeness (QED) is 0.666. The lowest BCUT2D eigenvalue weighted by atomic mass is 10.1. The highest BCUT2D eigenvalue weighted by atomic mass is 14.9. The van der Waals surface area contributed by atoms with E-state index >= 15 is 0 Å². The van der Waals surface area contributed by atoms with Gasteiger partial charge in [0.2, 0.25) is 0 Å². The van der Waals surface area contributed by atoms with Crippen LogP contribution in [0.15, 0.2) is 18.2 Å². The highest BCUT2D eigenvalue weighted by Crippen LogP contribution is 2.20. The van der Waals surface area contributed by atoms with Gasteiger partial charge in [0.1, 0.15) is 6.07 Å². The molecule has 3 heteroatoms. The molecular formula is C11H15N3. The van der Waals surface area contributed by atoms with E-state index in [0.717, 1.165) is 5.69 Å². The standard InChI is InChI=1S/C11H15N3/c1-11(2,3)14-9-5-4-8(7-12)10(13)6-9/h4-6,14H,13H2,1-3H3. The van der Waals surface area contributed by atoms with Crippen LogP contribution in [0.25, 0.3) is 0 Å². The number of anilines is 2. The molecule has 0 fully saturated rings. The first kappa shape index (κ1) is 10.4. The fourth-order valence-electron chi connectivity index (χ4n) is 1.18. The molecule has 0 heterocycles. The molecule has 1 rings (SSSR count). The van der Waals surface area contributed by atoms with Crippen LogP contribution in [0.3, 0.4) is 0 Å². The molecule has 14 heavy (non-hydrogen) atoms. The summed E-state index contributed by atoms with van der Waals surface area (Å²) in [7, 11) is 0. The molecule has 0 radical (unpaired) electrons. The lowest BCUT2D eigenvalue weighted by Crippen LogP contribution is -2.26. The van der Waals surface area contributed by atoms with Crippen molar-refractivity contribution in [2.24, 2.45) is 0 Å². The van der Waals surface area contributed by atoms with Gasteiger partial charge in [-0.05, 0) is 39.0 Å². The Balaban J connectivity index is 2.94. The number of nitriles is 1. The minimum atomic E-state index is 0.000595. The molecule has 0 spiro atoms. The Hall–Kier alpha value is -1.69. The number of nitrogens with two attached hydrogens (primary N) is 1. The molecule has 0 saturated heterocycles. The van der Waals surface area contributed by atoms with Crippen LogP contribution in [0, 0.1) is 11.3 Å². The maximum absolute atomic E-state index is 8.69. The molecule has 0 bridgehead atoms. The van der Waals surface area contributed by atoms with Crippen LogP contribution in [0.5, 0.6) is 0 Å². The van der Waals surface area contributed by atoms with Gasteiger partial charge in [-0.15, -0.1) is 0 Å². The second-order valence-corrected chi connectivity index (χ2v) is 4.29. The van der Waals surface area contributed by atoms with Crippen LogP contribution >= 0.6 is 0 Å². The number of rotatable bonds is 1. The zero-order chi connectivity index (χ0) is 10.8. The van der Waals surface area contributed by atoms with Crippen molar-refractivity contribution in [1.29, 1.82) is 5.26 Å². The molecule has 1 aromatic rings. The molecule has 0 atom stereocenters. The lowest BCUT2D eigenvalue weighted by molar-refractivity contribution is 0.634. The van der Waals surface area contributed by atoms with Crippen LogP contribution in [0.4, 0.5) is 11.4 Å². The van der Waals surface area contributed by atoms with Gasteiger partial charge in [-0.2, -0.15) is 5.26 Å². The Morgan fingerprint density at radius 3 is 2.43 bits per heavy atom. The van der Waals surface area contributed by atoms with Crippen LogP contribution in [0.1, 0.15) is 26.3 Å². The van der Waals surface area contributed by atoms with Gasteiger partial charge in [0.15, 0.2) is 0 Å². The molecule has 74 valence electrons. The van der Waals surface area contributed by atoms with E-state index in [-0.39, 0.29) is 5.54 Å². The average Bonchev–Trinajstić information content (AvgIpc) is 2.01. The van der Waals surface area contributed by atoms with Crippen molar-refractivity contribution in [3.8, 4) is 6.07 Å². The molecule has 1 aromatic carbocycles. The summed E-state index contributed by atoms with van der Waals surface area (Å²) in [6, 6.07) is 7.40. The maximum Gasteiger partial charge on any atom is 0.101 e. The lowest BCUT2D eigenvalue weighted by Gasteiger charge is -2.22. The highest BCUT2D eigenvalue weighted by Gasteiger charge is 2.09. The van der Waals surface area contributed by atoms with Gasteiger partial charge < -0.3 is 11.1 Å². The summed E-state index contributed by atoms with van der Waals surface area (Å²) >= 11 is 0. The number of nitrogen functional groups attached to an aromatic ring is 1. The number of hydrogen-bond acceptors (Lipinski definition) is 3. The van der Waals surface area contributed by atoms with Crippen LogP contribution < -0.4 is 11.1 Å². The van der Waals surface area contributed by atoms with Crippen molar-refractivity contribution in [1.82, 2.24) is 0 Å². The topological polar surface area (TPSA) is 61.8 Å². The van der Waals surface area contributed by atoms with E-state index in [4.69, 9.17) is 11.0 Å². The van der Waals surface area contributed by atoms with E-state index in [1.807, 2.05) is 12.1 Å². The van der Waals surface area contributed by atoms with E-state index in [1.165, 1.54) is 0 Å². The van der Waals surface area contributed by atoms with Gasteiger partial charge in [0.25, 0.3) is 0 Å². The maximum atomic E-state index is 8.69. The Labute approximate surface area is 84.5 Å². The Morgan fingerprint density at radius 1 is 1.36 bits per heavy atom. The largest absolute Gasteiger partial charge is 0.398 e. The number of benzene rings is 1. The van der Waals surface area contributed by atoms with E-state index in [1.54, 1.807) is 12.1 Å². The first-order valence-electron chi connectivity index (χ1n) is 4.50. The fourth-order valence-corrected chi connectivity index (χ4v) is 1.18. The Bertz CT molecular complexity index is 369. The molecule has 0 aliphatic rings. The first-order chi connectivity index (χ1) is 6.42. The minimum absolute atomic E-state index is 0.000595. The van der Waals surface area contributed by atoms with Gasteiger partial charge >= 0.3 is 0 Å². The second kappa shape index (κ2) is 3.59. The Kier molecular flexibility index (Phi) is 2.66. The van der Waals surface area contributed by atoms with Gasteiger partial charge in [-0.3, -0.25) is 0 Å². The predicted molar refractivity (Wildman–Crippen MR) is 58.9 cm³/mol. The zero-order valence-corrected chi connectivity index (χ0v) is 8.76. The molecule has 0 saturated carbocycles. The van der Waals surface area contributed by atoms with Crippen molar-refractivity contribution in [3.05, 3.63) is 23.8 Å². The van der Waals surface area contributed by atoms with Crippen LogP contribution in [-0.2, 0) is 0 Å². The van der Waals surface area contributed by atoms with Crippen LogP contribution in [-0.4, -0.2) is 5.54 Å². The molecule has 0 unspecified atom stereocenters. The van der Waals surface area contributed by atoms with Gasteiger partial charge in [0.05, 0.1) is 11.3 Å². The summed E-state index contributed by atoms with van der Waals surface area (Å²) in [5, 5.41) is 12.0. The summed E-state index contributed by atoms with van der Waals surface area (Å²) in [6.45, 7) is 6.21. The van der Waals surface area contributed by atoms with E-state index in [9.17, 15) is 0 Å². The monoisotopic (exact) mass is 189 g/mol. The number of nitrogens with zero attached hydrogens (tertiary/aromatic N) is 1. The predicted octanol–water partition coefficient (Wildman–Crippen LogP) is 2.35. The van der Waals surface area contributed by atoms with Crippen molar-refractivity contribution in [2.45, 2.75) is 26.3 Å². The SMILES string of the molecule is CC(C)(C)Nc1ccc(C#N)c(N)c1. The molecule has 3 nitrogen and oxygen atoms in total. The first-order valence-corrected chi connectivity index (χ1v) is 4.50. The average molecular weight is 189 g/mol. The van der Waals surface area contributed by atoms with Crippen molar-refractivity contribution in [2.75, 3.05) is 11.1 Å². The van der Waals surface area contributed by atoms with Gasteiger partial charge in [-0.25, -0.2) is 0 Å². The summed E-state index contributed by atoms with van der Waals surface area (Å²) < 4.78 is 0. The third-order valence-electron chi connectivity index (χ3n) is 1.69. The summed E-state index contributed by atoms with van der Waals surface area (Å²) in [4.78, 5) is 0. The molecule has 0 amide bonds.